The van der Waals surface area contributed by atoms with Crippen molar-refractivity contribution in [3.05, 3.63) is 29.6 Å². The minimum Gasteiger partial charge on any atom is -0.392 e. The van der Waals surface area contributed by atoms with E-state index >= 15 is 0 Å². The first-order valence-corrected chi connectivity index (χ1v) is 7.10. The van der Waals surface area contributed by atoms with Gasteiger partial charge in [-0.3, -0.25) is 0 Å². The Balaban J connectivity index is 2.67. The van der Waals surface area contributed by atoms with Crippen LogP contribution in [0.4, 0.5) is 13.2 Å². The third kappa shape index (κ3) is 5.08. The van der Waals surface area contributed by atoms with Crippen LogP contribution in [0.1, 0.15) is 5.56 Å². The molecule has 0 amide bonds. The fraction of sp³-hybridized carbons (Fsp3) is 0.455. The highest BCUT2D eigenvalue weighted by molar-refractivity contribution is 7.89. The van der Waals surface area contributed by atoms with Gasteiger partial charge in [0.2, 0.25) is 10.0 Å². The highest BCUT2D eigenvalue weighted by atomic mass is 32.2. The zero-order chi connectivity index (χ0) is 15.2. The van der Waals surface area contributed by atoms with Crippen LogP contribution in [-0.4, -0.2) is 39.7 Å². The van der Waals surface area contributed by atoms with Crippen LogP contribution in [0.25, 0.3) is 0 Å². The summed E-state index contributed by atoms with van der Waals surface area (Å²) in [6, 6.07) is 2.95. The summed E-state index contributed by atoms with van der Waals surface area (Å²) in [6.45, 7) is -1.84. The Bertz CT molecular complexity index is 536. The summed E-state index contributed by atoms with van der Waals surface area (Å²) >= 11 is 0. The number of aliphatic hydroxyl groups excluding tert-OH is 1. The third-order valence-electron chi connectivity index (χ3n) is 2.27. The number of aliphatic hydroxyl groups is 1. The molecule has 1 aromatic rings. The number of benzene rings is 1. The summed E-state index contributed by atoms with van der Waals surface area (Å²) in [4.78, 5) is -0.395. The molecule has 1 rings (SSSR count). The Hall–Kier alpha value is -1.16. The van der Waals surface area contributed by atoms with Gasteiger partial charge in [-0.15, -0.1) is 0 Å². The average Bonchev–Trinajstić information content (AvgIpc) is 2.37. The molecule has 1 aromatic carbocycles. The van der Waals surface area contributed by atoms with E-state index in [1.165, 1.54) is 0 Å². The maximum atomic E-state index is 13.1. The topological polar surface area (TPSA) is 75.6 Å². The lowest BCUT2D eigenvalue weighted by molar-refractivity contribution is 0.0199. The van der Waals surface area contributed by atoms with Crippen molar-refractivity contribution in [2.45, 2.75) is 17.9 Å². The zero-order valence-electron chi connectivity index (χ0n) is 10.4. The minimum atomic E-state index is -4.04. The van der Waals surface area contributed by atoms with Crippen LogP contribution in [-0.2, 0) is 21.4 Å². The predicted molar refractivity (Wildman–Crippen MR) is 64.3 cm³/mol. The van der Waals surface area contributed by atoms with Gasteiger partial charge >= 0.3 is 0 Å². The second kappa shape index (κ2) is 7.58. The molecule has 0 radical (unpaired) electrons. The van der Waals surface area contributed by atoms with Crippen LogP contribution in [0.3, 0.4) is 0 Å². The molecule has 0 spiro atoms. The number of alkyl halides is 2. The number of halogens is 3. The second-order valence-corrected chi connectivity index (χ2v) is 5.51. The first-order chi connectivity index (χ1) is 9.36. The van der Waals surface area contributed by atoms with Gasteiger partial charge in [-0.25, -0.2) is 26.3 Å². The van der Waals surface area contributed by atoms with Crippen LogP contribution in [0.15, 0.2) is 23.1 Å². The number of nitrogens with one attached hydrogen (secondary N) is 1. The summed E-state index contributed by atoms with van der Waals surface area (Å²) in [5.41, 5.74) is 0.0346. The van der Waals surface area contributed by atoms with Crippen molar-refractivity contribution in [2.24, 2.45) is 0 Å². The number of rotatable bonds is 8. The van der Waals surface area contributed by atoms with Crippen molar-refractivity contribution in [1.29, 1.82) is 0 Å². The van der Waals surface area contributed by atoms with Gasteiger partial charge in [0.05, 0.1) is 18.1 Å². The molecule has 5 nitrogen and oxygen atoms in total. The van der Waals surface area contributed by atoms with Crippen molar-refractivity contribution >= 4 is 10.0 Å². The summed E-state index contributed by atoms with van der Waals surface area (Å²) in [6.07, 6.45) is -2.63. The average molecular weight is 313 g/mol. The van der Waals surface area contributed by atoms with Crippen LogP contribution >= 0.6 is 0 Å². The number of sulfonamides is 1. The summed E-state index contributed by atoms with van der Waals surface area (Å²) in [5, 5.41) is 9.02. The second-order valence-electron chi connectivity index (χ2n) is 3.77. The standard InChI is InChI=1S/C11H14F3NO4S/c12-9-2-1-8(6-16)10(5-9)20(17,18)15-3-4-19-7-11(13)14/h1-2,5,11,15-16H,3-4,6-7H2. The Labute approximate surface area is 114 Å². The zero-order valence-corrected chi connectivity index (χ0v) is 11.2. The van der Waals surface area contributed by atoms with Crippen LogP contribution in [0, 0.1) is 5.82 Å². The van der Waals surface area contributed by atoms with E-state index in [0.29, 0.717) is 0 Å². The Kier molecular flexibility index (Phi) is 6.40. The van der Waals surface area contributed by atoms with E-state index in [9.17, 15) is 21.6 Å². The molecule has 0 bridgehead atoms. The normalized spacial score (nSPS) is 12.1. The highest BCUT2D eigenvalue weighted by Gasteiger charge is 2.18. The van der Waals surface area contributed by atoms with Gasteiger partial charge in [-0.05, 0) is 17.7 Å². The molecule has 0 aliphatic heterocycles. The molecule has 0 heterocycles. The molecule has 0 aliphatic rings. The van der Waals surface area contributed by atoms with Gasteiger partial charge in [0.1, 0.15) is 12.4 Å². The summed E-state index contributed by atoms with van der Waals surface area (Å²) in [7, 11) is -4.04. The van der Waals surface area contributed by atoms with Crippen molar-refractivity contribution in [1.82, 2.24) is 4.72 Å². The molecule has 0 atom stereocenters. The minimum absolute atomic E-state index is 0.0346. The quantitative estimate of drug-likeness (QED) is 0.699. The van der Waals surface area contributed by atoms with Gasteiger partial charge < -0.3 is 9.84 Å². The number of hydrogen-bond donors (Lipinski definition) is 2. The van der Waals surface area contributed by atoms with E-state index in [1.807, 2.05) is 0 Å². The first-order valence-electron chi connectivity index (χ1n) is 5.61. The van der Waals surface area contributed by atoms with E-state index in [2.05, 4.69) is 9.46 Å². The monoisotopic (exact) mass is 313 g/mol. The molecule has 0 saturated carbocycles. The van der Waals surface area contributed by atoms with Crippen LogP contribution < -0.4 is 4.72 Å². The molecule has 0 saturated heterocycles. The van der Waals surface area contributed by atoms with E-state index in [4.69, 9.17) is 5.11 Å². The number of hydrogen-bond acceptors (Lipinski definition) is 4. The Morgan fingerprint density at radius 2 is 2.05 bits per heavy atom. The largest absolute Gasteiger partial charge is 0.392 e. The molecule has 0 unspecified atom stereocenters. The summed E-state index contributed by atoms with van der Waals surface area (Å²) in [5.74, 6) is -0.767. The van der Waals surface area contributed by atoms with Gasteiger partial charge in [0.25, 0.3) is 6.43 Å². The lowest BCUT2D eigenvalue weighted by Gasteiger charge is -2.10. The van der Waals surface area contributed by atoms with Gasteiger partial charge in [0.15, 0.2) is 0 Å². The maximum Gasteiger partial charge on any atom is 0.261 e. The smallest absolute Gasteiger partial charge is 0.261 e. The Morgan fingerprint density at radius 3 is 2.65 bits per heavy atom. The SMILES string of the molecule is O=S(=O)(NCCOCC(F)F)c1cc(F)ccc1CO. The van der Waals surface area contributed by atoms with Gasteiger partial charge in [-0.2, -0.15) is 0 Å². The predicted octanol–water partition coefficient (Wildman–Crippen LogP) is 0.878. The maximum absolute atomic E-state index is 13.1. The molecule has 0 aliphatic carbocycles. The molecule has 20 heavy (non-hydrogen) atoms. The van der Waals surface area contributed by atoms with E-state index < -0.39 is 40.4 Å². The van der Waals surface area contributed by atoms with Gasteiger partial charge in [0, 0.05) is 6.54 Å². The lowest BCUT2D eigenvalue weighted by atomic mass is 10.2. The number of ether oxygens (including phenoxy) is 1. The summed E-state index contributed by atoms with van der Waals surface area (Å²) < 4.78 is 66.9. The van der Waals surface area contributed by atoms with E-state index in [1.54, 1.807) is 0 Å². The molecule has 0 fully saturated rings. The Morgan fingerprint density at radius 1 is 1.35 bits per heavy atom. The molecule has 2 N–H and O–H groups in total. The van der Waals surface area contributed by atoms with Crippen LogP contribution in [0.2, 0.25) is 0 Å². The van der Waals surface area contributed by atoms with E-state index in [-0.39, 0.29) is 18.7 Å². The molecular formula is C11H14F3NO4S. The van der Waals surface area contributed by atoms with Gasteiger partial charge in [-0.1, -0.05) is 6.07 Å². The van der Waals surface area contributed by atoms with Crippen molar-refractivity contribution in [2.75, 3.05) is 19.8 Å². The fourth-order valence-electron chi connectivity index (χ4n) is 1.41. The van der Waals surface area contributed by atoms with Crippen molar-refractivity contribution in [3.63, 3.8) is 0 Å². The van der Waals surface area contributed by atoms with Crippen molar-refractivity contribution in [3.8, 4) is 0 Å². The van der Waals surface area contributed by atoms with E-state index in [0.717, 1.165) is 18.2 Å². The molecular weight excluding hydrogens is 299 g/mol. The fourth-order valence-corrected chi connectivity index (χ4v) is 2.66. The van der Waals surface area contributed by atoms with Crippen LogP contribution in [0.5, 0.6) is 0 Å². The highest BCUT2D eigenvalue weighted by Crippen LogP contribution is 2.17. The molecule has 0 aromatic heterocycles. The van der Waals surface area contributed by atoms with Crippen molar-refractivity contribution < 1.29 is 31.4 Å². The third-order valence-corrected chi connectivity index (χ3v) is 3.81. The molecule has 9 heteroatoms. The molecule has 114 valence electrons. The lowest BCUT2D eigenvalue weighted by Crippen LogP contribution is -2.29. The first kappa shape index (κ1) is 16.9.